The van der Waals surface area contributed by atoms with Crippen LogP contribution in [-0.4, -0.2) is 18.6 Å². The molecule has 3 nitrogen and oxygen atoms in total. The quantitative estimate of drug-likeness (QED) is 0.726. The molecule has 1 aliphatic carbocycles. The highest BCUT2D eigenvalue weighted by molar-refractivity contribution is 6.20. The summed E-state index contributed by atoms with van der Waals surface area (Å²) in [5.41, 5.74) is 1.78. The van der Waals surface area contributed by atoms with Crippen molar-refractivity contribution in [3.05, 3.63) is 53.8 Å². The van der Waals surface area contributed by atoms with E-state index in [1.807, 2.05) is 30.3 Å². The van der Waals surface area contributed by atoms with Crippen molar-refractivity contribution in [1.29, 1.82) is 0 Å². The molecule has 1 aromatic rings. The maximum absolute atomic E-state index is 11.8. The first-order valence-electron chi connectivity index (χ1n) is 5.37. The number of carbonyl (C=O) groups is 2. The number of hydrogen-bond acceptors (Lipinski definition) is 3. The third-order valence-corrected chi connectivity index (χ3v) is 2.76. The molecule has 0 fully saturated rings. The summed E-state index contributed by atoms with van der Waals surface area (Å²) in [4.78, 5) is 25.1. The Kier molecular flexibility index (Phi) is 2.91. The van der Waals surface area contributed by atoms with Crippen LogP contribution in [0.15, 0.2) is 53.8 Å². The molecule has 0 spiro atoms. The molecule has 0 heterocycles. The van der Waals surface area contributed by atoms with E-state index in [1.165, 1.54) is 12.2 Å². The number of rotatable bonds is 2. The Hall–Kier alpha value is -2.16. The minimum Gasteiger partial charge on any atom is -0.341 e. The fraction of sp³-hybridized carbons (Fsp3) is 0.143. The van der Waals surface area contributed by atoms with Crippen molar-refractivity contribution in [2.75, 3.05) is 11.9 Å². The summed E-state index contributed by atoms with van der Waals surface area (Å²) in [6.07, 6.45) is 2.78. The van der Waals surface area contributed by atoms with Crippen molar-refractivity contribution in [3.8, 4) is 0 Å². The van der Waals surface area contributed by atoms with E-state index >= 15 is 0 Å². The van der Waals surface area contributed by atoms with Crippen LogP contribution in [0.3, 0.4) is 0 Å². The zero-order chi connectivity index (χ0) is 12.4. The average Bonchev–Trinajstić information content (AvgIpc) is 2.34. The number of ketones is 2. The fourth-order valence-electron chi connectivity index (χ4n) is 1.70. The van der Waals surface area contributed by atoms with Gasteiger partial charge in [0.2, 0.25) is 5.78 Å². The number of carbonyl (C=O) groups excluding carboxylic acids is 2. The van der Waals surface area contributed by atoms with Crippen LogP contribution in [0.25, 0.3) is 0 Å². The molecule has 0 unspecified atom stereocenters. The Labute approximate surface area is 100 Å². The minimum atomic E-state index is -0.131. The zero-order valence-electron chi connectivity index (χ0n) is 9.81. The molecule has 2 rings (SSSR count). The molecule has 0 bridgehead atoms. The lowest BCUT2D eigenvalue weighted by Crippen LogP contribution is -2.26. The molecule has 0 N–H and O–H groups in total. The molecule has 0 radical (unpaired) electrons. The highest BCUT2D eigenvalue weighted by Crippen LogP contribution is 2.20. The van der Waals surface area contributed by atoms with E-state index < -0.39 is 0 Å². The Morgan fingerprint density at radius 3 is 2.24 bits per heavy atom. The molecule has 0 amide bonds. The fourth-order valence-corrected chi connectivity index (χ4v) is 1.70. The van der Waals surface area contributed by atoms with Gasteiger partial charge in [-0.3, -0.25) is 9.59 Å². The largest absolute Gasteiger partial charge is 0.341 e. The average molecular weight is 227 g/mol. The molecule has 0 aliphatic heterocycles. The second kappa shape index (κ2) is 4.37. The number of likely N-dealkylation sites (N-methyl/N-ethyl adjacent to an activating group) is 1. The van der Waals surface area contributed by atoms with Crippen molar-refractivity contribution in [3.63, 3.8) is 0 Å². The summed E-state index contributed by atoms with van der Waals surface area (Å²) in [6.45, 7) is 1.65. The maximum atomic E-state index is 11.8. The van der Waals surface area contributed by atoms with Gasteiger partial charge in [0.1, 0.15) is 0 Å². The Morgan fingerprint density at radius 2 is 1.59 bits per heavy atom. The van der Waals surface area contributed by atoms with Crippen LogP contribution >= 0.6 is 0 Å². The first kappa shape index (κ1) is 11.3. The highest BCUT2D eigenvalue weighted by atomic mass is 16.1. The standard InChI is InChI=1S/C14H13NO2/c1-10-8-14(17)12(9-13(10)16)15(2)11-6-4-3-5-7-11/h3-9H,1-2H3. The van der Waals surface area contributed by atoms with Crippen LogP contribution in [0.2, 0.25) is 0 Å². The summed E-state index contributed by atoms with van der Waals surface area (Å²) in [5, 5.41) is 0. The molecule has 1 aliphatic rings. The molecule has 86 valence electrons. The second-order valence-corrected chi connectivity index (χ2v) is 3.98. The number of hydrogen-bond donors (Lipinski definition) is 0. The predicted octanol–water partition coefficient (Wildman–Crippen LogP) is 2.10. The highest BCUT2D eigenvalue weighted by Gasteiger charge is 2.21. The number of anilines is 1. The third-order valence-electron chi connectivity index (χ3n) is 2.76. The van der Waals surface area contributed by atoms with E-state index in [1.54, 1.807) is 18.9 Å². The van der Waals surface area contributed by atoms with Gasteiger partial charge in [0, 0.05) is 24.4 Å². The third kappa shape index (κ3) is 2.18. The van der Waals surface area contributed by atoms with Gasteiger partial charge < -0.3 is 4.90 Å². The first-order valence-corrected chi connectivity index (χ1v) is 5.37. The molecule has 0 atom stereocenters. The maximum Gasteiger partial charge on any atom is 0.202 e. The van der Waals surface area contributed by atoms with Crippen molar-refractivity contribution in [2.45, 2.75) is 6.92 Å². The summed E-state index contributed by atoms with van der Waals surface area (Å²) in [5.74, 6) is -0.240. The normalized spacial score (nSPS) is 15.4. The van der Waals surface area contributed by atoms with Gasteiger partial charge in [0.15, 0.2) is 5.78 Å². The van der Waals surface area contributed by atoms with Crippen molar-refractivity contribution in [2.24, 2.45) is 0 Å². The van der Waals surface area contributed by atoms with E-state index in [4.69, 9.17) is 0 Å². The van der Waals surface area contributed by atoms with Gasteiger partial charge in [-0.1, -0.05) is 18.2 Å². The summed E-state index contributed by atoms with van der Waals surface area (Å²) < 4.78 is 0. The number of benzene rings is 1. The van der Waals surface area contributed by atoms with E-state index in [0.717, 1.165) is 5.69 Å². The van der Waals surface area contributed by atoms with Crippen LogP contribution in [0.4, 0.5) is 5.69 Å². The lowest BCUT2D eigenvalue weighted by Gasteiger charge is -2.22. The Morgan fingerprint density at radius 1 is 0.941 bits per heavy atom. The van der Waals surface area contributed by atoms with E-state index in [9.17, 15) is 9.59 Å². The Balaban J connectivity index is 2.33. The zero-order valence-corrected chi connectivity index (χ0v) is 9.81. The van der Waals surface area contributed by atoms with Gasteiger partial charge >= 0.3 is 0 Å². The van der Waals surface area contributed by atoms with E-state index in [2.05, 4.69) is 0 Å². The predicted molar refractivity (Wildman–Crippen MR) is 66.7 cm³/mol. The van der Waals surface area contributed by atoms with Crippen LogP contribution in [0.5, 0.6) is 0 Å². The van der Waals surface area contributed by atoms with E-state index in [-0.39, 0.29) is 11.6 Å². The number of para-hydroxylation sites is 1. The molecule has 0 saturated heterocycles. The van der Waals surface area contributed by atoms with Crippen molar-refractivity contribution >= 4 is 17.3 Å². The number of allylic oxidation sites excluding steroid dienone is 3. The van der Waals surface area contributed by atoms with Gasteiger partial charge in [0.05, 0.1) is 5.70 Å². The van der Waals surface area contributed by atoms with Crippen LogP contribution in [0.1, 0.15) is 6.92 Å². The van der Waals surface area contributed by atoms with Gasteiger partial charge in [-0.15, -0.1) is 0 Å². The van der Waals surface area contributed by atoms with E-state index in [0.29, 0.717) is 11.3 Å². The monoisotopic (exact) mass is 227 g/mol. The van der Waals surface area contributed by atoms with Crippen molar-refractivity contribution in [1.82, 2.24) is 0 Å². The Bertz CT molecular complexity index is 526. The lowest BCUT2D eigenvalue weighted by atomic mass is 10.0. The molecule has 3 heteroatoms. The molecular formula is C14H13NO2. The molecule has 0 aromatic heterocycles. The molecular weight excluding hydrogens is 214 g/mol. The molecule has 0 saturated carbocycles. The minimum absolute atomic E-state index is 0.109. The SMILES string of the molecule is CC1=CC(=O)C(N(C)c2ccccc2)=CC1=O. The first-order chi connectivity index (χ1) is 8.09. The smallest absolute Gasteiger partial charge is 0.202 e. The molecule has 17 heavy (non-hydrogen) atoms. The van der Waals surface area contributed by atoms with Gasteiger partial charge in [-0.25, -0.2) is 0 Å². The van der Waals surface area contributed by atoms with Crippen LogP contribution in [0, 0.1) is 0 Å². The summed E-state index contributed by atoms with van der Waals surface area (Å²) >= 11 is 0. The van der Waals surface area contributed by atoms with Crippen LogP contribution < -0.4 is 4.90 Å². The topological polar surface area (TPSA) is 37.4 Å². The summed E-state index contributed by atoms with van der Waals surface area (Å²) in [6, 6.07) is 9.47. The lowest BCUT2D eigenvalue weighted by molar-refractivity contribution is -0.115. The van der Waals surface area contributed by atoms with Gasteiger partial charge in [-0.2, -0.15) is 0 Å². The summed E-state index contributed by atoms with van der Waals surface area (Å²) in [7, 11) is 1.78. The van der Waals surface area contributed by atoms with Crippen LogP contribution in [-0.2, 0) is 9.59 Å². The van der Waals surface area contributed by atoms with Crippen molar-refractivity contribution < 1.29 is 9.59 Å². The van der Waals surface area contributed by atoms with Gasteiger partial charge in [-0.05, 0) is 25.1 Å². The van der Waals surface area contributed by atoms with Gasteiger partial charge in [0.25, 0.3) is 0 Å². The molecule has 1 aromatic carbocycles. The second-order valence-electron chi connectivity index (χ2n) is 3.98. The number of nitrogens with zero attached hydrogens (tertiary/aromatic N) is 1.